The van der Waals surface area contributed by atoms with E-state index in [2.05, 4.69) is 41.9 Å². The van der Waals surface area contributed by atoms with E-state index in [9.17, 15) is 0 Å². The maximum atomic E-state index is 5.97. The van der Waals surface area contributed by atoms with E-state index in [0.29, 0.717) is 0 Å². The minimum absolute atomic E-state index is 0.201. The highest BCUT2D eigenvalue weighted by Gasteiger charge is 2.10. The van der Waals surface area contributed by atoms with Crippen molar-refractivity contribution in [2.75, 3.05) is 0 Å². The number of nitrogens with two attached hydrogens (primary N) is 1. The minimum Gasteiger partial charge on any atom is -0.327 e. The Morgan fingerprint density at radius 3 is 2.55 bits per heavy atom. The summed E-state index contributed by atoms with van der Waals surface area (Å²) in [6.45, 7) is 6.23. The van der Waals surface area contributed by atoms with Crippen molar-refractivity contribution in [2.24, 2.45) is 5.73 Å². The molecule has 0 amide bonds. The van der Waals surface area contributed by atoms with E-state index in [1.54, 1.807) is 0 Å². The second-order valence-corrected chi connectivity index (χ2v) is 4.96. The zero-order chi connectivity index (χ0) is 14.5. The van der Waals surface area contributed by atoms with Crippen molar-refractivity contribution in [1.82, 2.24) is 19.7 Å². The second kappa shape index (κ2) is 6.61. The van der Waals surface area contributed by atoms with Gasteiger partial charge in [-0.1, -0.05) is 26.8 Å². The van der Waals surface area contributed by atoms with E-state index in [1.807, 2.05) is 16.9 Å². The molecule has 2 heterocycles. The van der Waals surface area contributed by atoms with Crippen molar-refractivity contribution in [2.45, 2.75) is 52.5 Å². The average Bonchev–Trinajstić information content (AvgIpc) is 2.91. The van der Waals surface area contributed by atoms with Crippen molar-refractivity contribution in [1.29, 1.82) is 0 Å². The molecule has 2 N–H and O–H groups in total. The third-order valence-electron chi connectivity index (χ3n) is 3.40. The van der Waals surface area contributed by atoms with Gasteiger partial charge in [-0.15, -0.1) is 5.10 Å². The lowest BCUT2D eigenvalue weighted by Crippen LogP contribution is -2.21. The summed E-state index contributed by atoms with van der Waals surface area (Å²) < 4.78 is 1.84. The third-order valence-corrected chi connectivity index (χ3v) is 3.40. The van der Waals surface area contributed by atoms with Crippen LogP contribution in [0.4, 0.5) is 0 Å². The molecular formula is C15H23N5. The first kappa shape index (κ1) is 14.7. The maximum absolute atomic E-state index is 5.97. The van der Waals surface area contributed by atoms with Crippen LogP contribution in [0.2, 0.25) is 0 Å². The van der Waals surface area contributed by atoms with Crippen molar-refractivity contribution in [3.63, 3.8) is 0 Å². The SMILES string of the molecule is CCc1nc(CC)n(-c2ccc(CC(N)CC)cn2)n1. The number of hydrogen-bond acceptors (Lipinski definition) is 4. The molecule has 0 aliphatic carbocycles. The van der Waals surface area contributed by atoms with Crippen LogP contribution in [0, 0.1) is 0 Å². The van der Waals surface area contributed by atoms with Crippen molar-refractivity contribution < 1.29 is 0 Å². The molecule has 0 saturated heterocycles. The highest BCUT2D eigenvalue weighted by molar-refractivity contribution is 5.26. The van der Waals surface area contributed by atoms with Crippen molar-refractivity contribution in [3.05, 3.63) is 35.5 Å². The Morgan fingerprint density at radius 2 is 2.00 bits per heavy atom. The predicted molar refractivity (Wildman–Crippen MR) is 79.9 cm³/mol. The average molecular weight is 273 g/mol. The first-order chi connectivity index (χ1) is 9.67. The highest BCUT2D eigenvalue weighted by atomic mass is 15.4. The lowest BCUT2D eigenvalue weighted by molar-refractivity contribution is 0.644. The van der Waals surface area contributed by atoms with Crippen LogP contribution in [0.3, 0.4) is 0 Å². The molecule has 0 saturated carbocycles. The normalized spacial score (nSPS) is 12.6. The van der Waals surface area contributed by atoms with E-state index in [-0.39, 0.29) is 6.04 Å². The van der Waals surface area contributed by atoms with Gasteiger partial charge in [-0.3, -0.25) is 0 Å². The standard InChI is InChI=1S/C15H23N5/c1-4-12(16)9-11-7-8-15(17-10-11)20-14(6-3)18-13(5-2)19-20/h7-8,10,12H,4-6,9,16H2,1-3H3. The van der Waals surface area contributed by atoms with Crippen molar-refractivity contribution in [3.8, 4) is 5.82 Å². The molecule has 0 aliphatic heterocycles. The lowest BCUT2D eigenvalue weighted by atomic mass is 10.1. The van der Waals surface area contributed by atoms with Crippen LogP contribution in [0.1, 0.15) is 44.4 Å². The summed E-state index contributed by atoms with van der Waals surface area (Å²) in [6.07, 6.45) is 5.41. The molecule has 2 aromatic heterocycles. The molecule has 0 aliphatic rings. The first-order valence-corrected chi connectivity index (χ1v) is 7.33. The van der Waals surface area contributed by atoms with Crippen LogP contribution >= 0.6 is 0 Å². The number of nitrogens with zero attached hydrogens (tertiary/aromatic N) is 4. The van der Waals surface area contributed by atoms with E-state index >= 15 is 0 Å². The molecule has 1 atom stereocenters. The molecule has 20 heavy (non-hydrogen) atoms. The van der Waals surface area contributed by atoms with Crippen molar-refractivity contribution >= 4 is 0 Å². The zero-order valence-corrected chi connectivity index (χ0v) is 12.5. The van der Waals surface area contributed by atoms with Gasteiger partial charge in [-0.2, -0.15) is 4.68 Å². The minimum atomic E-state index is 0.201. The Labute approximate surface area is 120 Å². The van der Waals surface area contributed by atoms with E-state index < -0.39 is 0 Å². The van der Waals surface area contributed by atoms with Crippen LogP contribution in [-0.4, -0.2) is 25.8 Å². The summed E-state index contributed by atoms with van der Waals surface area (Å²) in [4.78, 5) is 9.00. The third kappa shape index (κ3) is 3.22. The van der Waals surface area contributed by atoms with Crippen LogP contribution in [0.15, 0.2) is 18.3 Å². The van der Waals surface area contributed by atoms with Gasteiger partial charge in [0.1, 0.15) is 5.82 Å². The molecule has 0 spiro atoms. The van der Waals surface area contributed by atoms with Gasteiger partial charge in [0.15, 0.2) is 11.6 Å². The van der Waals surface area contributed by atoms with Gasteiger partial charge in [-0.25, -0.2) is 9.97 Å². The Morgan fingerprint density at radius 1 is 1.20 bits per heavy atom. The summed E-state index contributed by atoms with van der Waals surface area (Å²) in [6, 6.07) is 4.27. The number of aryl methyl sites for hydroxylation is 2. The highest BCUT2D eigenvalue weighted by Crippen LogP contribution is 2.11. The molecule has 5 heteroatoms. The largest absolute Gasteiger partial charge is 0.327 e. The first-order valence-electron chi connectivity index (χ1n) is 7.33. The molecule has 5 nitrogen and oxygen atoms in total. The van der Waals surface area contributed by atoms with E-state index in [4.69, 9.17) is 5.73 Å². The van der Waals surface area contributed by atoms with Gasteiger partial charge >= 0.3 is 0 Å². The molecule has 0 radical (unpaired) electrons. The monoisotopic (exact) mass is 273 g/mol. The number of rotatable bonds is 6. The molecule has 0 fully saturated rings. The van der Waals surface area contributed by atoms with Gasteiger partial charge in [0, 0.05) is 25.1 Å². The smallest absolute Gasteiger partial charge is 0.155 e. The topological polar surface area (TPSA) is 69.6 Å². The summed E-state index contributed by atoms with van der Waals surface area (Å²) in [5.41, 5.74) is 7.13. The zero-order valence-electron chi connectivity index (χ0n) is 12.5. The molecule has 1 unspecified atom stereocenters. The quantitative estimate of drug-likeness (QED) is 0.874. The van der Waals surface area contributed by atoms with Crippen LogP contribution in [-0.2, 0) is 19.3 Å². The molecule has 108 valence electrons. The number of aromatic nitrogens is 4. The molecule has 2 rings (SSSR count). The molecule has 0 aromatic carbocycles. The van der Waals surface area contributed by atoms with E-state index in [1.165, 1.54) is 0 Å². The van der Waals surface area contributed by atoms with E-state index in [0.717, 1.165) is 48.7 Å². The Bertz CT molecular complexity index is 544. The van der Waals surface area contributed by atoms with Gasteiger partial charge < -0.3 is 5.73 Å². The Balaban J connectivity index is 2.23. The molecule has 0 bridgehead atoms. The predicted octanol–water partition coefficient (Wildman–Crippen LogP) is 2.07. The lowest BCUT2D eigenvalue weighted by Gasteiger charge is -2.09. The van der Waals surface area contributed by atoms with Gasteiger partial charge in [0.25, 0.3) is 0 Å². The van der Waals surface area contributed by atoms with Gasteiger partial charge in [-0.05, 0) is 24.5 Å². The summed E-state index contributed by atoms with van der Waals surface area (Å²) in [5.74, 6) is 2.64. The fourth-order valence-corrected chi connectivity index (χ4v) is 2.06. The number of pyridine rings is 1. The summed E-state index contributed by atoms with van der Waals surface area (Å²) in [5, 5.41) is 4.49. The molecule has 2 aromatic rings. The van der Waals surface area contributed by atoms with Crippen LogP contribution < -0.4 is 5.73 Å². The second-order valence-electron chi connectivity index (χ2n) is 4.96. The van der Waals surface area contributed by atoms with Gasteiger partial charge in [0.2, 0.25) is 0 Å². The van der Waals surface area contributed by atoms with Gasteiger partial charge in [0.05, 0.1) is 0 Å². The van der Waals surface area contributed by atoms with Crippen LogP contribution in [0.25, 0.3) is 5.82 Å². The number of hydrogen-bond donors (Lipinski definition) is 1. The maximum Gasteiger partial charge on any atom is 0.155 e. The fourth-order valence-electron chi connectivity index (χ4n) is 2.06. The Hall–Kier alpha value is -1.75. The fraction of sp³-hybridized carbons (Fsp3) is 0.533. The molecular weight excluding hydrogens is 250 g/mol. The Kier molecular flexibility index (Phi) is 4.84. The summed E-state index contributed by atoms with van der Waals surface area (Å²) >= 11 is 0. The van der Waals surface area contributed by atoms with Crippen LogP contribution in [0.5, 0.6) is 0 Å². The summed E-state index contributed by atoms with van der Waals surface area (Å²) in [7, 11) is 0.